The molecule has 1 atom stereocenters. The molecule has 0 bridgehead atoms. The second kappa shape index (κ2) is 5.34. The molecular weight excluding hydrogens is 242 g/mol. The molecule has 0 aliphatic carbocycles. The molecule has 1 aromatic carbocycles. The number of carbonyl (C=O) groups excluding carboxylic acids is 2. The van der Waals surface area contributed by atoms with Crippen LogP contribution in [-0.4, -0.2) is 24.6 Å². The van der Waals surface area contributed by atoms with Gasteiger partial charge < -0.3 is 4.74 Å². The lowest BCUT2D eigenvalue weighted by molar-refractivity contribution is -0.143. The fraction of sp³-hybridized carbons (Fsp3) is 0.400. The van der Waals surface area contributed by atoms with E-state index in [2.05, 4.69) is 18.8 Å². The van der Waals surface area contributed by atoms with E-state index in [-0.39, 0.29) is 12.4 Å². The highest BCUT2D eigenvalue weighted by molar-refractivity contribution is 6.22. The Hall–Kier alpha value is -1.97. The van der Waals surface area contributed by atoms with Crippen molar-refractivity contribution in [2.75, 3.05) is 6.61 Å². The Kier molecular flexibility index (Phi) is 3.79. The van der Waals surface area contributed by atoms with Gasteiger partial charge in [-0.25, -0.2) is 0 Å². The molecule has 19 heavy (non-hydrogen) atoms. The first-order valence-corrected chi connectivity index (χ1v) is 6.43. The van der Waals surface area contributed by atoms with Crippen molar-refractivity contribution in [3.63, 3.8) is 0 Å². The van der Waals surface area contributed by atoms with Gasteiger partial charge in [-0.2, -0.15) is 0 Å². The van der Waals surface area contributed by atoms with Crippen LogP contribution in [0, 0.1) is 5.92 Å². The molecule has 0 aromatic heterocycles. The number of hydrogen-bond donors (Lipinski definition) is 0. The third kappa shape index (κ3) is 2.57. The molecular formula is C15H17NO3. The monoisotopic (exact) mass is 259 g/mol. The standard InChI is InChI=1S/C15H17NO3/c1-4-19-15(18)12-8-16-13-6-5-10(9(2)3)7-11(13)14(12)17/h5-9,12H,4H2,1-3H3. The molecule has 0 amide bonds. The summed E-state index contributed by atoms with van der Waals surface area (Å²) in [4.78, 5) is 28.2. The summed E-state index contributed by atoms with van der Waals surface area (Å²) in [6.45, 7) is 6.09. The molecule has 1 unspecified atom stereocenters. The van der Waals surface area contributed by atoms with Crippen LogP contribution in [0.3, 0.4) is 0 Å². The van der Waals surface area contributed by atoms with Gasteiger partial charge >= 0.3 is 5.97 Å². The predicted octanol–water partition coefficient (Wildman–Crippen LogP) is 2.89. The third-order valence-corrected chi connectivity index (χ3v) is 3.14. The number of esters is 1. The van der Waals surface area contributed by atoms with Gasteiger partial charge in [0.15, 0.2) is 11.7 Å². The average molecular weight is 259 g/mol. The van der Waals surface area contributed by atoms with Gasteiger partial charge in [0.2, 0.25) is 0 Å². The summed E-state index contributed by atoms with van der Waals surface area (Å²) in [6, 6.07) is 5.60. The summed E-state index contributed by atoms with van der Waals surface area (Å²) in [5.41, 5.74) is 2.19. The number of rotatable bonds is 3. The molecule has 0 N–H and O–H groups in total. The Balaban J connectivity index is 2.36. The number of hydrogen-bond acceptors (Lipinski definition) is 4. The number of carbonyl (C=O) groups is 2. The molecule has 2 rings (SSSR count). The summed E-state index contributed by atoms with van der Waals surface area (Å²) in [7, 11) is 0. The highest BCUT2D eigenvalue weighted by atomic mass is 16.5. The van der Waals surface area contributed by atoms with Crippen LogP contribution in [0.1, 0.15) is 42.6 Å². The quantitative estimate of drug-likeness (QED) is 0.619. The first-order chi connectivity index (χ1) is 9.04. The van der Waals surface area contributed by atoms with Crippen LogP contribution in [0.5, 0.6) is 0 Å². The van der Waals surface area contributed by atoms with E-state index in [1.807, 2.05) is 18.2 Å². The normalized spacial score (nSPS) is 17.5. The summed E-state index contributed by atoms with van der Waals surface area (Å²) in [5.74, 6) is -1.34. The van der Waals surface area contributed by atoms with Crippen LogP contribution in [0.2, 0.25) is 0 Å². The summed E-state index contributed by atoms with van der Waals surface area (Å²) in [5, 5.41) is 0. The zero-order valence-electron chi connectivity index (χ0n) is 11.3. The predicted molar refractivity (Wildman–Crippen MR) is 73.1 cm³/mol. The third-order valence-electron chi connectivity index (χ3n) is 3.14. The van der Waals surface area contributed by atoms with Crippen LogP contribution in [0.4, 0.5) is 5.69 Å². The van der Waals surface area contributed by atoms with Crippen LogP contribution < -0.4 is 0 Å². The zero-order chi connectivity index (χ0) is 14.0. The Labute approximate surface area is 112 Å². The number of benzene rings is 1. The first kappa shape index (κ1) is 13.5. The van der Waals surface area contributed by atoms with E-state index in [4.69, 9.17) is 4.74 Å². The molecule has 100 valence electrons. The van der Waals surface area contributed by atoms with E-state index in [0.717, 1.165) is 5.56 Å². The van der Waals surface area contributed by atoms with Gasteiger partial charge in [0.1, 0.15) is 0 Å². The van der Waals surface area contributed by atoms with Crippen molar-refractivity contribution >= 4 is 23.7 Å². The lowest BCUT2D eigenvalue weighted by Crippen LogP contribution is -2.29. The minimum atomic E-state index is -0.908. The smallest absolute Gasteiger partial charge is 0.322 e. The van der Waals surface area contributed by atoms with Gasteiger partial charge in [-0.3, -0.25) is 14.6 Å². The number of aliphatic imine (C=N–C) groups is 1. The minimum Gasteiger partial charge on any atom is -0.465 e. The van der Waals surface area contributed by atoms with Gasteiger partial charge in [0, 0.05) is 11.8 Å². The molecule has 4 heteroatoms. The van der Waals surface area contributed by atoms with E-state index in [9.17, 15) is 9.59 Å². The number of nitrogens with zero attached hydrogens (tertiary/aromatic N) is 1. The van der Waals surface area contributed by atoms with E-state index >= 15 is 0 Å². The molecule has 0 saturated carbocycles. The first-order valence-electron chi connectivity index (χ1n) is 6.43. The Morgan fingerprint density at radius 2 is 2.16 bits per heavy atom. The maximum absolute atomic E-state index is 12.3. The van der Waals surface area contributed by atoms with Gasteiger partial charge in [-0.05, 0) is 30.5 Å². The Morgan fingerprint density at radius 3 is 2.79 bits per heavy atom. The van der Waals surface area contributed by atoms with E-state index in [0.29, 0.717) is 17.2 Å². The van der Waals surface area contributed by atoms with Gasteiger partial charge in [-0.15, -0.1) is 0 Å². The van der Waals surface area contributed by atoms with Crippen molar-refractivity contribution in [1.82, 2.24) is 0 Å². The number of fused-ring (bicyclic) bond motifs is 1. The van der Waals surface area contributed by atoms with Gasteiger partial charge in [-0.1, -0.05) is 19.9 Å². The number of ketones is 1. The summed E-state index contributed by atoms with van der Waals surface area (Å²) < 4.78 is 4.89. The van der Waals surface area contributed by atoms with Crippen LogP contribution in [0.15, 0.2) is 23.2 Å². The molecule has 1 aliphatic rings. The molecule has 0 fully saturated rings. The summed E-state index contributed by atoms with van der Waals surface area (Å²) in [6.07, 6.45) is 1.37. The van der Waals surface area contributed by atoms with E-state index < -0.39 is 11.9 Å². The molecule has 0 radical (unpaired) electrons. The van der Waals surface area contributed by atoms with Crippen molar-refractivity contribution in [1.29, 1.82) is 0 Å². The second-order valence-corrected chi connectivity index (χ2v) is 4.80. The van der Waals surface area contributed by atoms with Gasteiger partial charge in [0.25, 0.3) is 0 Å². The Morgan fingerprint density at radius 1 is 1.42 bits per heavy atom. The molecule has 1 aromatic rings. The SMILES string of the molecule is CCOC(=O)C1C=Nc2ccc(C(C)C)cc2C1=O. The van der Waals surface area contributed by atoms with Gasteiger partial charge in [0.05, 0.1) is 12.3 Å². The average Bonchev–Trinajstić information content (AvgIpc) is 2.39. The van der Waals surface area contributed by atoms with Crippen LogP contribution in [0.25, 0.3) is 0 Å². The van der Waals surface area contributed by atoms with Crippen molar-refractivity contribution in [2.45, 2.75) is 26.7 Å². The maximum atomic E-state index is 12.3. The maximum Gasteiger partial charge on any atom is 0.322 e. The lowest BCUT2D eigenvalue weighted by Gasteiger charge is -2.17. The fourth-order valence-corrected chi connectivity index (χ4v) is 2.01. The number of ether oxygens (including phenoxy) is 1. The topological polar surface area (TPSA) is 55.7 Å². The highest BCUT2D eigenvalue weighted by Gasteiger charge is 2.32. The van der Waals surface area contributed by atoms with Crippen LogP contribution >= 0.6 is 0 Å². The Bertz CT molecular complexity index is 546. The largest absolute Gasteiger partial charge is 0.465 e. The zero-order valence-corrected chi connectivity index (χ0v) is 11.3. The highest BCUT2D eigenvalue weighted by Crippen LogP contribution is 2.29. The van der Waals surface area contributed by atoms with Crippen LogP contribution in [-0.2, 0) is 9.53 Å². The minimum absolute atomic E-state index is 0.231. The second-order valence-electron chi connectivity index (χ2n) is 4.80. The molecule has 1 aliphatic heterocycles. The van der Waals surface area contributed by atoms with Crippen molar-refractivity contribution in [3.05, 3.63) is 29.3 Å². The lowest BCUT2D eigenvalue weighted by atomic mass is 9.91. The van der Waals surface area contributed by atoms with Crippen molar-refractivity contribution in [3.8, 4) is 0 Å². The summed E-state index contributed by atoms with van der Waals surface area (Å²) >= 11 is 0. The number of Topliss-reactive ketones (excluding diaryl/α,β-unsaturated/α-hetero) is 1. The van der Waals surface area contributed by atoms with E-state index in [1.165, 1.54) is 6.21 Å². The van der Waals surface area contributed by atoms with Crippen molar-refractivity contribution < 1.29 is 14.3 Å². The molecule has 1 heterocycles. The van der Waals surface area contributed by atoms with Crippen molar-refractivity contribution in [2.24, 2.45) is 10.9 Å². The fourth-order valence-electron chi connectivity index (χ4n) is 2.01. The molecule has 0 saturated heterocycles. The molecule has 0 spiro atoms. The molecule has 4 nitrogen and oxygen atoms in total. The van der Waals surface area contributed by atoms with E-state index in [1.54, 1.807) is 6.92 Å².